The number of hydrogen-bond donors (Lipinski definition) is 2. The molecule has 4 aliphatic heterocycles. The number of piperidine rings is 2. The van der Waals surface area contributed by atoms with Crippen LogP contribution in [0, 0.1) is 5.92 Å². The minimum Gasteiger partial charge on any atom is -0.443 e. The molecule has 6 heterocycles. The third kappa shape index (κ3) is 8.10. The van der Waals surface area contributed by atoms with Crippen LogP contribution in [0.5, 0.6) is 0 Å². The van der Waals surface area contributed by atoms with Crippen molar-refractivity contribution in [2.45, 2.75) is 96.2 Å². The van der Waals surface area contributed by atoms with Crippen LogP contribution in [-0.4, -0.2) is 93.3 Å². The molecule has 5 amide bonds. The van der Waals surface area contributed by atoms with Gasteiger partial charge in [-0.25, -0.2) is 14.3 Å². The third-order valence-corrected chi connectivity index (χ3v) is 12.1. The first-order valence-corrected chi connectivity index (χ1v) is 20.7. The highest BCUT2D eigenvalue weighted by Crippen LogP contribution is 2.37. The zero-order valence-corrected chi connectivity index (χ0v) is 34.1. The summed E-state index contributed by atoms with van der Waals surface area (Å²) in [6.07, 6.45) is 8.22. The van der Waals surface area contributed by atoms with Crippen LogP contribution in [0.3, 0.4) is 0 Å². The van der Waals surface area contributed by atoms with Crippen molar-refractivity contribution in [1.82, 2.24) is 24.7 Å². The van der Waals surface area contributed by atoms with Gasteiger partial charge in [0.05, 0.1) is 28.4 Å². The topological polar surface area (TPSA) is 163 Å². The van der Waals surface area contributed by atoms with Gasteiger partial charge in [-0.05, 0) is 128 Å². The summed E-state index contributed by atoms with van der Waals surface area (Å²) in [5.41, 5.74) is 3.81. The fourth-order valence-corrected chi connectivity index (χ4v) is 9.06. The number of amides is 5. The number of nitrogens with one attached hydrogen (secondary N) is 2. The Bertz CT molecular complexity index is 2340. The molecule has 0 radical (unpaired) electrons. The third-order valence-electron chi connectivity index (χ3n) is 12.1. The fourth-order valence-electron chi connectivity index (χ4n) is 9.06. The number of aromatic nitrogens is 2. The number of likely N-dealkylation sites (tertiary alicyclic amines) is 1. The Balaban J connectivity index is 0.849. The Morgan fingerprint density at radius 3 is 2.37 bits per heavy atom. The number of imide groups is 2. The van der Waals surface area contributed by atoms with Crippen LogP contribution >= 0.6 is 0 Å². The van der Waals surface area contributed by atoms with Crippen molar-refractivity contribution >= 4 is 58.0 Å². The van der Waals surface area contributed by atoms with Gasteiger partial charge in [0.15, 0.2) is 0 Å². The highest BCUT2D eigenvalue weighted by molar-refractivity contribution is 6.25. The number of anilines is 2. The largest absolute Gasteiger partial charge is 0.443 e. The Labute approximate surface area is 343 Å². The Hall–Kier alpha value is -5.89. The molecule has 2 aromatic heterocycles. The van der Waals surface area contributed by atoms with Crippen molar-refractivity contribution in [3.8, 4) is 0 Å². The molecule has 0 bridgehead atoms. The van der Waals surface area contributed by atoms with Crippen molar-refractivity contribution < 1.29 is 33.5 Å². The second kappa shape index (κ2) is 16.0. The average molecular weight is 802 g/mol. The Morgan fingerprint density at radius 1 is 0.915 bits per heavy atom. The lowest BCUT2D eigenvalue weighted by molar-refractivity contribution is -0.136. The van der Waals surface area contributed by atoms with Crippen LogP contribution < -0.4 is 15.5 Å². The molecule has 0 aliphatic carbocycles. The molecule has 2 N–H and O–H groups in total. The SMILES string of the molecule is CN1CCC[C@@H]1c1cc2cnc(NC(=O)c3ccc(CCCC4CCN(c5cccc6c5C(=O)N(C5CCC(=O)NC5=O)C6=O)CC4)cc3)cc2n1C(=O)OC(C)(C)C. The second-order valence-electron chi connectivity index (χ2n) is 17.3. The maximum absolute atomic E-state index is 13.6. The fraction of sp³-hybridized carbons (Fsp3) is 0.444. The molecule has 2 atom stereocenters. The van der Waals surface area contributed by atoms with Gasteiger partial charge in [0, 0.05) is 48.4 Å². The van der Waals surface area contributed by atoms with Gasteiger partial charge in [-0.1, -0.05) is 18.2 Å². The Kier molecular flexibility index (Phi) is 10.9. The van der Waals surface area contributed by atoms with Gasteiger partial charge < -0.3 is 15.0 Å². The summed E-state index contributed by atoms with van der Waals surface area (Å²) in [7, 11) is 2.06. The number of carbonyl (C=O) groups excluding carboxylic acids is 6. The monoisotopic (exact) mass is 801 g/mol. The predicted molar refractivity (Wildman–Crippen MR) is 221 cm³/mol. The molecule has 308 valence electrons. The van der Waals surface area contributed by atoms with Crippen molar-refractivity contribution in [2.75, 3.05) is 36.9 Å². The molecule has 59 heavy (non-hydrogen) atoms. The van der Waals surface area contributed by atoms with Crippen molar-refractivity contribution in [1.29, 1.82) is 0 Å². The zero-order chi connectivity index (χ0) is 41.6. The second-order valence-corrected chi connectivity index (χ2v) is 17.3. The molecule has 14 heteroatoms. The average Bonchev–Trinajstić information content (AvgIpc) is 3.87. The summed E-state index contributed by atoms with van der Waals surface area (Å²) in [4.78, 5) is 88.0. The molecule has 0 spiro atoms. The molecule has 3 fully saturated rings. The number of carbonyl (C=O) groups is 6. The lowest BCUT2D eigenvalue weighted by atomic mass is 9.90. The summed E-state index contributed by atoms with van der Waals surface area (Å²) >= 11 is 0. The standard InChI is InChI=1S/C45H51N7O7/c1-45(2,3)59-44(58)51-35-25-37(46-26-30(35)24-36(51)32-12-7-21-49(32)4)47-40(54)29-15-13-27(14-16-29)8-5-9-28-19-22-50(23-20-28)33-11-6-10-31-39(33)43(57)52(42(31)56)34-17-18-38(53)48-41(34)55/h6,10-11,13-16,24-26,28,32,34H,5,7-9,12,17-23H2,1-4H3,(H,46,47,54)(H,48,53,55)/t32-,34?/m1/s1. The molecule has 8 rings (SSSR count). The number of rotatable bonds is 9. The highest BCUT2D eigenvalue weighted by Gasteiger charge is 2.46. The smallest absolute Gasteiger partial charge is 0.419 e. The lowest BCUT2D eigenvalue weighted by Gasteiger charge is -2.34. The van der Waals surface area contributed by atoms with E-state index in [4.69, 9.17) is 4.74 Å². The van der Waals surface area contributed by atoms with Gasteiger partial charge in [0.1, 0.15) is 17.5 Å². The molecule has 14 nitrogen and oxygen atoms in total. The van der Waals surface area contributed by atoms with Crippen molar-refractivity contribution in [3.63, 3.8) is 0 Å². The van der Waals surface area contributed by atoms with Crippen LogP contribution in [0.1, 0.15) is 121 Å². The summed E-state index contributed by atoms with van der Waals surface area (Å²) < 4.78 is 7.44. The van der Waals surface area contributed by atoms with E-state index >= 15 is 0 Å². The number of benzene rings is 2. The molecule has 4 aliphatic rings. The molecular weight excluding hydrogens is 751 g/mol. The van der Waals surface area contributed by atoms with Gasteiger partial charge in [-0.15, -0.1) is 0 Å². The number of nitrogens with zero attached hydrogens (tertiary/aromatic N) is 5. The molecule has 3 saturated heterocycles. The van der Waals surface area contributed by atoms with E-state index in [1.165, 1.54) is 0 Å². The van der Waals surface area contributed by atoms with E-state index in [1.807, 2.05) is 57.2 Å². The number of hydrogen-bond acceptors (Lipinski definition) is 10. The normalized spacial score (nSPS) is 20.3. The summed E-state index contributed by atoms with van der Waals surface area (Å²) in [5, 5.41) is 5.97. The van der Waals surface area contributed by atoms with Crippen LogP contribution in [0.15, 0.2) is 60.8 Å². The minimum atomic E-state index is -0.991. The van der Waals surface area contributed by atoms with Gasteiger partial charge in [0.2, 0.25) is 11.8 Å². The van der Waals surface area contributed by atoms with E-state index in [1.54, 1.807) is 29.0 Å². The first-order chi connectivity index (χ1) is 28.3. The van der Waals surface area contributed by atoms with E-state index in [2.05, 4.69) is 32.5 Å². The summed E-state index contributed by atoms with van der Waals surface area (Å²) in [6.45, 7) is 7.98. The minimum absolute atomic E-state index is 0.0744. The number of fused-ring (bicyclic) bond motifs is 2. The molecule has 4 aromatic rings. The van der Waals surface area contributed by atoms with Gasteiger partial charge in [0.25, 0.3) is 17.7 Å². The van der Waals surface area contributed by atoms with Gasteiger partial charge in [-0.2, -0.15) is 0 Å². The van der Waals surface area contributed by atoms with Crippen LogP contribution in [0.4, 0.5) is 16.3 Å². The maximum Gasteiger partial charge on any atom is 0.419 e. The quantitative estimate of drug-likeness (QED) is 0.179. The zero-order valence-electron chi connectivity index (χ0n) is 34.1. The molecule has 2 aromatic carbocycles. The summed E-state index contributed by atoms with van der Waals surface area (Å²) in [6, 6.07) is 15.7. The van der Waals surface area contributed by atoms with E-state index in [0.717, 1.165) is 86.1 Å². The molecular formula is C45H51N7O7. The predicted octanol–water partition coefficient (Wildman–Crippen LogP) is 6.48. The maximum atomic E-state index is 13.6. The first-order valence-electron chi connectivity index (χ1n) is 20.7. The van der Waals surface area contributed by atoms with E-state index < -0.39 is 41.4 Å². The van der Waals surface area contributed by atoms with Gasteiger partial charge in [-0.3, -0.25) is 39.1 Å². The van der Waals surface area contributed by atoms with Crippen LogP contribution in [-0.2, 0) is 20.7 Å². The van der Waals surface area contributed by atoms with Crippen molar-refractivity contribution in [3.05, 3.63) is 88.7 Å². The number of ether oxygens (including phenoxy) is 1. The van der Waals surface area contributed by atoms with Crippen LogP contribution in [0.25, 0.3) is 10.9 Å². The van der Waals surface area contributed by atoms with Crippen molar-refractivity contribution in [2.24, 2.45) is 5.92 Å². The van der Waals surface area contributed by atoms with E-state index in [0.29, 0.717) is 39.6 Å². The summed E-state index contributed by atoms with van der Waals surface area (Å²) in [5.74, 6) is -1.42. The molecule has 0 saturated carbocycles. The number of pyridine rings is 1. The highest BCUT2D eigenvalue weighted by atomic mass is 16.6. The van der Waals surface area contributed by atoms with E-state index in [9.17, 15) is 28.8 Å². The van der Waals surface area contributed by atoms with Gasteiger partial charge >= 0.3 is 6.09 Å². The van der Waals surface area contributed by atoms with E-state index in [-0.39, 0.29) is 24.8 Å². The Morgan fingerprint density at radius 2 is 1.68 bits per heavy atom. The first kappa shape index (κ1) is 39.9. The number of aryl methyl sites for hydroxylation is 1. The van der Waals surface area contributed by atoms with Crippen LogP contribution in [0.2, 0.25) is 0 Å². The molecule has 1 unspecified atom stereocenters. The lowest BCUT2D eigenvalue weighted by Crippen LogP contribution is -2.54.